The van der Waals surface area contributed by atoms with Gasteiger partial charge in [-0.15, -0.1) is 0 Å². The first kappa shape index (κ1) is 8.54. The number of rotatable bonds is 1. The van der Waals surface area contributed by atoms with Crippen LogP contribution in [0.25, 0.3) is 4.85 Å². The molecule has 0 aromatic heterocycles. The van der Waals surface area contributed by atoms with Crippen molar-refractivity contribution >= 4 is 28.8 Å². The fourth-order valence-corrected chi connectivity index (χ4v) is 0.846. The molecule has 0 radical (unpaired) electrons. The molecular formula is C8H3FN2S. The van der Waals surface area contributed by atoms with Gasteiger partial charge in [-0.05, 0) is 30.4 Å². The van der Waals surface area contributed by atoms with Gasteiger partial charge in [0, 0.05) is 0 Å². The lowest BCUT2D eigenvalue weighted by molar-refractivity contribution is 0.629. The van der Waals surface area contributed by atoms with Gasteiger partial charge in [0.1, 0.15) is 5.82 Å². The highest BCUT2D eigenvalue weighted by molar-refractivity contribution is 7.78. The lowest BCUT2D eigenvalue weighted by Gasteiger charge is -1.92. The van der Waals surface area contributed by atoms with Gasteiger partial charge in [-0.1, -0.05) is 0 Å². The van der Waals surface area contributed by atoms with Crippen molar-refractivity contribution in [1.29, 1.82) is 0 Å². The van der Waals surface area contributed by atoms with Crippen molar-refractivity contribution in [3.8, 4) is 0 Å². The highest BCUT2D eigenvalue weighted by atomic mass is 32.1. The quantitative estimate of drug-likeness (QED) is 0.367. The summed E-state index contributed by atoms with van der Waals surface area (Å²) >= 11 is 4.34. The number of aliphatic imine (C=N–C) groups is 1. The molecule has 12 heavy (non-hydrogen) atoms. The largest absolute Gasteiger partial charge is 0.238 e. The maximum atomic E-state index is 12.7. The molecule has 1 aromatic carbocycles. The van der Waals surface area contributed by atoms with Crippen LogP contribution in [0.15, 0.2) is 23.2 Å². The van der Waals surface area contributed by atoms with Crippen LogP contribution in [0, 0.1) is 12.4 Å². The van der Waals surface area contributed by atoms with E-state index >= 15 is 0 Å². The van der Waals surface area contributed by atoms with Gasteiger partial charge in [-0.2, -0.15) is 4.99 Å². The van der Waals surface area contributed by atoms with Gasteiger partial charge in [-0.25, -0.2) is 9.24 Å². The number of isothiocyanates is 1. The molecule has 4 heteroatoms. The van der Waals surface area contributed by atoms with Crippen LogP contribution >= 0.6 is 12.2 Å². The van der Waals surface area contributed by atoms with Crippen LogP contribution in [0.3, 0.4) is 0 Å². The van der Waals surface area contributed by atoms with E-state index in [0.717, 1.165) is 6.07 Å². The second-order valence-electron chi connectivity index (χ2n) is 1.98. The first-order valence-corrected chi connectivity index (χ1v) is 3.43. The third-order valence-electron chi connectivity index (χ3n) is 1.17. The molecule has 0 atom stereocenters. The minimum Gasteiger partial charge on any atom is -0.238 e. The van der Waals surface area contributed by atoms with Crippen molar-refractivity contribution in [1.82, 2.24) is 0 Å². The van der Waals surface area contributed by atoms with Gasteiger partial charge in [0.2, 0.25) is 0 Å². The average molecular weight is 178 g/mol. The van der Waals surface area contributed by atoms with E-state index in [1.807, 2.05) is 0 Å². The van der Waals surface area contributed by atoms with E-state index in [1.54, 1.807) is 0 Å². The second-order valence-corrected chi connectivity index (χ2v) is 2.17. The summed E-state index contributed by atoms with van der Waals surface area (Å²) in [5.74, 6) is -0.493. The summed E-state index contributed by atoms with van der Waals surface area (Å²) in [6, 6.07) is 3.76. The molecule has 0 aliphatic carbocycles. The van der Waals surface area contributed by atoms with E-state index in [-0.39, 0.29) is 5.69 Å². The molecule has 0 fully saturated rings. The summed E-state index contributed by atoms with van der Waals surface area (Å²) in [4.78, 5) is 6.62. The SMILES string of the molecule is [C-]#[N+]c1cc(F)cc(N=C=S)c1. The van der Waals surface area contributed by atoms with Crippen LogP contribution in [0.1, 0.15) is 0 Å². The Balaban J connectivity index is 3.25. The Morgan fingerprint density at radius 1 is 1.50 bits per heavy atom. The van der Waals surface area contributed by atoms with Crippen LogP contribution in [0.4, 0.5) is 15.8 Å². The fourth-order valence-electron chi connectivity index (χ4n) is 0.741. The molecule has 0 N–H and O–H groups in total. The minimum absolute atomic E-state index is 0.207. The Bertz CT molecular complexity index is 389. The zero-order valence-electron chi connectivity index (χ0n) is 5.91. The van der Waals surface area contributed by atoms with E-state index in [2.05, 4.69) is 27.2 Å². The van der Waals surface area contributed by atoms with Gasteiger partial charge in [0.15, 0.2) is 5.69 Å². The lowest BCUT2D eigenvalue weighted by atomic mass is 10.3. The molecule has 0 aliphatic heterocycles. The summed E-state index contributed by atoms with van der Waals surface area (Å²) in [5.41, 5.74) is 0.523. The summed E-state index contributed by atoms with van der Waals surface area (Å²) in [7, 11) is 0. The summed E-state index contributed by atoms with van der Waals surface area (Å²) in [5, 5.41) is 2.10. The molecule has 2 nitrogen and oxygen atoms in total. The third-order valence-corrected chi connectivity index (χ3v) is 1.26. The predicted octanol–water partition coefficient (Wildman–Crippen LogP) is 3.11. The minimum atomic E-state index is -0.493. The highest BCUT2D eigenvalue weighted by Gasteiger charge is 1.97. The van der Waals surface area contributed by atoms with Gasteiger partial charge in [0.25, 0.3) is 0 Å². The molecule has 0 heterocycles. The number of thiocarbonyl (C=S) groups is 1. The molecule has 1 aromatic rings. The molecule has 0 saturated carbocycles. The van der Waals surface area contributed by atoms with Crippen molar-refractivity contribution < 1.29 is 4.39 Å². The second kappa shape index (κ2) is 3.72. The number of halogens is 1. The van der Waals surface area contributed by atoms with Crippen LogP contribution in [-0.4, -0.2) is 5.16 Å². The molecule has 0 saturated heterocycles. The Hall–Kier alpha value is -1.56. The van der Waals surface area contributed by atoms with Crippen LogP contribution in [0.2, 0.25) is 0 Å². The number of hydrogen-bond donors (Lipinski definition) is 0. The number of hydrogen-bond acceptors (Lipinski definition) is 2. The Morgan fingerprint density at radius 2 is 2.25 bits per heavy atom. The van der Waals surface area contributed by atoms with Gasteiger partial charge < -0.3 is 0 Å². The van der Waals surface area contributed by atoms with E-state index in [4.69, 9.17) is 6.57 Å². The van der Waals surface area contributed by atoms with Crippen molar-refractivity contribution in [2.24, 2.45) is 4.99 Å². The van der Waals surface area contributed by atoms with Crippen molar-refractivity contribution in [3.63, 3.8) is 0 Å². The Labute approximate surface area is 74.2 Å². The third kappa shape index (κ3) is 1.96. The Kier molecular flexibility index (Phi) is 2.65. The zero-order valence-corrected chi connectivity index (χ0v) is 6.73. The van der Waals surface area contributed by atoms with E-state index < -0.39 is 5.82 Å². The predicted molar refractivity (Wildman–Crippen MR) is 47.3 cm³/mol. The molecule has 0 aliphatic rings. The standard InChI is InChI=1S/C8H3FN2S/c1-10-7-2-6(9)3-8(4-7)11-5-12/h2-4H. The molecule has 0 unspecified atom stereocenters. The van der Waals surface area contributed by atoms with E-state index in [1.165, 1.54) is 12.1 Å². The molecule has 58 valence electrons. The zero-order chi connectivity index (χ0) is 8.97. The maximum Gasteiger partial charge on any atom is 0.192 e. The summed E-state index contributed by atoms with van der Waals surface area (Å²) < 4.78 is 12.7. The van der Waals surface area contributed by atoms with Crippen LogP contribution < -0.4 is 0 Å². The summed E-state index contributed by atoms with van der Waals surface area (Å²) in [6.07, 6.45) is 0. The first-order chi connectivity index (χ1) is 5.76. The molecule has 1 rings (SSSR count). The monoisotopic (exact) mass is 178 g/mol. The van der Waals surface area contributed by atoms with E-state index in [0.29, 0.717) is 5.69 Å². The molecule has 0 bridgehead atoms. The smallest absolute Gasteiger partial charge is 0.192 e. The molecule has 0 spiro atoms. The van der Waals surface area contributed by atoms with Crippen molar-refractivity contribution in [2.45, 2.75) is 0 Å². The summed E-state index contributed by atoms with van der Waals surface area (Å²) in [6.45, 7) is 6.64. The van der Waals surface area contributed by atoms with Crippen molar-refractivity contribution in [3.05, 3.63) is 35.4 Å². The van der Waals surface area contributed by atoms with Gasteiger partial charge >= 0.3 is 0 Å². The van der Waals surface area contributed by atoms with Gasteiger partial charge in [-0.3, -0.25) is 0 Å². The normalized spacial score (nSPS) is 8.33. The molecular weight excluding hydrogens is 175 g/mol. The van der Waals surface area contributed by atoms with Crippen LogP contribution in [-0.2, 0) is 0 Å². The number of benzene rings is 1. The average Bonchev–Trinajstić information content (AvgIpc) is 2.04. The van der Waals surface area contributed by atoms with E-state index in [9.17, 15) is 4.39 Å². The van der Waals surface area contributed by atoms with Crippen LogP contribution in [0.5, 0.6) is 0 Å². The molecule has 0 amide bonds. The number of nitrogens with zero attached hydrogens (tertiary/aromatic N) is 2. The topological polar surface area (TPSA) is 16.7 Å². The fraction of sp³-hybridized carbons (Fsp3) is 0. The highest BCUT2D eigenvalue weighted by Crippen LogP contribution is 2.22. The maximum absolute atomic E-state index is 12.7. The first-order valence-electron chi connectivity index (χ1n) is 3.02. The van der Waals surface area contributed by atoms with Crippen molar-refractivity contribution in [2.75, 3.05) is 0 Å². The Morgan fingerprint density at radius 3 is 2.83 bits per heavy atom. The lowest BCUT2D eigenvalue weighted by Crippen LogP contribution is -1.71. The van der Waals surface area contributed by atoms with Gasteiger partial charge in [0.05, 0.1) is 17.4 Å².